The van der Waals surface area contributed by atoms with Crippen molar-refractivity contribution in [3.63, 3.8) is 0 Å². The average molecular weight is 330 g/mol. The zero-order chi connectivity index (χ0) is 16.2. The number of carbonyl (C=O) groups is 1. The maximum Gasteiger partial charge on any atom is 0.257 e. The smallest absolute Gasteiger partial charge is 0.257 e. The van der Waals surface area contributed by atoms with Crippen molar-refractivity contribution in [2.75, 3.05) is 5.32 Å². The van der Waals surface area contributed by atoms with E-state index in [-0.39, 0.29) is 11.7 Å². The van der Waals surface area contributed by atoms with Crippen molar-refractivity contribution in [2.45, 2.75) is 6.42 Å². The van der Waals surface area contributed by atoms with Crippen molar-refractivity contribution in [3.05, 3.63) is 82.4 Å². The molecule has 0 fully saturated rings. The van der Waals surface area contributed by atoms with Gasteiger partial charge in [-0.25, -0.2) is 13.8 Å². The van der Waals surface area contributed by atoms with Gasteiger partial charge in [-0.3, -0.25) is 10.1 Å². The monoisotopic (exact) mass is 330 g/mol. The number of thiazole rings is 1. The lowest BCUT2D eigenvalue weighted by Gasteiger charge is -2.01. The van der Waals surface area contributed by atoms with Crippen molar-refractivity contribution >= 4 is 22.4 Å². The van der Waals surface area contributed by atoms with Gasteiger partial charge in [-0.1, -0.05) is 12.1 Å². The molecule has 0 unspecified atom stereocenters. The number of anilines is 1. The van der Waals surface area contributed by atoms with Crippen LogP contribution in [0.5, 0.6) is 0 Å². The fourth-order valence-electron chi connectivity index (χ4n) is 2.02. The summed E-state index contributed by atoms with van der Waals surface area (Å²) < 4.78 is 25.7. The Kier molecular flexibility index (Phi) is 4.43. The molecular weight excluding hydrogens is 318 g/mol. The van der Waals surface area contributed by atoms with Gasteiger partial charge < -0.3 is 0 Å². The quantitative estimate of drug-likeness (QED) is 0.776. The maximum absolute atomic E-state index is 12.9. The molecule has 23 heavy (non-hydrogen) atoms. The summed E-state index contributed by atoms with van der Waals surface area (Å²) in [5.41, 5.74) is 1.33. The first-order valence-electron chi connectivity index (χ1n) is 6.86. The molecule has 0 saturated carbocycles. The molecule has 1 N–H and O–H groups in total. The van der Waals surface area contributed by atoms with Gasteiger partial charge in [-0.05, 0) is 42.0 Å². The predicted octanol–water partition coefficient (Wildman–Crippen LogP) is 4.26. The summed E-state index contributed by atoms with van der Waals surface area (Å²) in [4.78, 5) is 17.1. The summed E-state index contributed by atoms with van der Waals surface area (Å²) in [7, 11) is 0. The van der Waals surface area contributed by atoms with Crippen LogP contribution >= 0.6 is 11.3 Å². The third-order valence-corrected chi connectivity index (χ3v) is 4.08. The normalized spacial score (nSPS) is 10.5. The van der Waals surface area contributed by atoms with Crippen molar-refractivity contribution < 1.29 is 13.6 Å². The van der Waals surface area contributed by atoms with Crippen LogP contribution in [0.2, 0.25) is 0 Å². The average Bonchev–Trinajstić information content (AvgIpc) is 2.97. The molecule has 1 heterocycles. The van der Waals surface area contributed by atoms with E-state index in [1.54, 1.807) is 18.3 Å². The number of hydrogen-bond acceptors (Lipinski definition) is 3. The Labute approximate surface area is 135 Å². The van der Waals surface area contributed by atoms with Crippen LogP contribution in [-0.2, 0) is 6.42 Å². The van der Waals surface area contributed by atoms with Gasteiger partial charge in [-0.15, -0.1) is 11.3 Å². The number of nitrogens with zero attached hydrogens (tertiary/aromatic N) is 1. The molecule has 0 spiro atoms. The third-order valence-electron chi connectivity index (χ3n) is 3.17. The number of aromatic nitrogens is 1. The summed E-state index contributed by atoms with van der Waals surface area (Å²) >= 11 is 1.35. The Balaban J connectivity index is 1.66. The van der Waals surface area contributed by atoms with Crippen LogP contribution in [0.25, 0.3) is 0 Å². The van der Waals surface area contributed by atoms with E-state index in [0.29, 0.717) is 17.1 Å². The highest BCUT2D eigenvalue weighted by Gasteiger charge is 2.09. The maximum atomic E-state index is 12.9. The molecule has 3 rings (SSSR count). The number of amides is 1. The number of hydrogen-bond donors (Lipinski definition) is 1. The minimum Gasteiger partial charge on any atom is -0.298 e. The number of halogens is 2. The number of benzene rings is 2. The Morgan fingerprint density at radius 1 is 1.00 bits per heavy atom. The fraction of sp³-hybridized carbons (Fsp3) is 0.0588. The lowest BCUT2D eigenvalue weighted by Crippen LogP contribution is -2.11. The Morgan fingerprint density at radius 2 is 1.61 bits per heavy atom. The van der Waals surface area contributed by atoms with E-state index in [0.717, 1.165) is 10.4 Å². The first-order chi connectivity index (χ1) is 11.1. The highest BCUT2D eigenvalue weighted by Crippen LogP contribution is 2.22. The lowest BCUT2D eigenvalue weighted by molar-refractivity contribution is 0.102. The lowest BCUT2D eigenvalue weighted by atomic mass is 10.1. The van der Waals surface area contributed by atoms with Crippen LogP contribution in [0, 0.1) is 11.6 Å². The standard InChI is InChI=1S/C17H12F2N2OS/c18-13-5-1-11(2-6-13)9-15-10-20-17(23-15)21-16(22)12-3-7-14(19)8-4-12/h1-8,10H,9H2,(H,20,21,22). The van der Waals surface area contributed by atoms with Crippen LogP contribution < -0.4 is 5.32 Å². The van der Waals surface area contributed by atoms with E-state index >= 15 is 0 Å². The fourth-order valence-corrected chi connectivity index (χ4v) is 2.86. The highest BCUT2D eigenvalue weighted by molar-refractivity contribution is 7.15. The van der Waals surface area contributed by atoms with E-state index in [9.17, 15) is 13.6 Å². The third kappa shape index (κ3) is 3.98. The number of rotatable bonds is 4. The van der Waals surface area contributed by atoms with E-state index in [1.165, 1.54) is 47.7 Å². The number of carbonyl (C=O) groups excluding carboxylic acids is 1. The molecule has 2 aromatic carbocycles. The van der Waals surface area contributed by atoms with Crippen molar-refractivity contribution in [1.29, 1.82) is 0 Å². The molecule has 0 aliphatic carbocycles. The first-order valence-corrected chi connectivity index (χ1v) is 7.68. The van der Waals surface area contributed by atoms with Crippen LogP contribution in [0.4, 0.5) is 13.9 Å². The molecule has 0 aliphatic heterocycles. The minimum absolute atomic E-state index is 0.273. The van der Waals surface area contributed by atoms with Gasteiger partial charge in [0.2, 0.25) is 0 Å². The molecule has 0 saturated heterocycles. The van der Waals surface area contributed by atoms with Crippen LogP contribution in [0.3, 0.4) is 0 Å². The van der Waals surface area contributed by atoms with Gasteiger partial charge in [-0.2, -0.15) is 0 Å². The van der Waals surface area contributed by atoms with Crippen LogP contribution in [0.1, 0.15) is 20.8 Å². The van der Waals surface area contributed by atoms with Gasteiger partial charge in [0, 0.05) is 23.1 Å². The molecule has 0 aliphatic rings. The first kappa shape index (κ1) is 15.3. The van der Waals surface area contributed by atoms with Crippen molar-refractivity contribution in [3.8, 4) is 0 Å². The Morgan fingerprint density at radius 3 is 2.26 bits per heavy atom. The van der Waals surface area contributed by atoms with Crippen LogP contribution in [0.15, 0.2) is 54.7 Å². The second-order valence-electron chi connectivity index (χ2n) is 4.90. The Hall–Kier alpha value is -2.60. The van der Waals surface area contributed by atoms with Crippen molar-refractivity contribution in [2.24, 2.45) is 0 Å². The summed E-state index contributed by atoms with van der Waals surface area (Å²) in [6.45, 7) is 0. The van der Waals surface area contributed by atoms with Gasteiger partial charge in [0.25, 0.3) is 5.91 Å². The second kappa shape index (κ2) is 6.66. The minimum atomic E-state index is -0.391. The molecule has 1 aromatic heterocycles. The highest BCUT2D eigenvalue weighted by atomic mass is 32.1. The van der Waals surface area contributed by atoms with Gasteiger partial charge in [0.15, 0.2) is 5.13 Å². The largest absolute Gasteiger partial charge is 0.298 e. The summed E-state index contributed by atoms with van der Waals surface area (Å²) in [5.74, 6) is -1.00. The van der Waals surface area contributed by atoms with Gasteiger partial charge in [0.1, 0.15) is 11.6 Å². The molecule has 6 heteroatoms. The molecule has 1 amide bonds. The summed E-state index contributed by atoms with van der Waals surface area (Å²) in [5, 5.41) is 3.15. The molecule has 0 bridgehead atoms. The number of nitrogens with one attached hydrogen (secondary N) is 1. The Bertz CT molecular complexity index is 813. The topological polar surface area (TPSA) is 42.0 Å². The van der Waals surface area contributed by atoms with Gasteiger partial charge >= 0.3 is 0 Å². The molecule has 3 nitrogen and oxygen atoms in total. The molecule has 3 aromatic rings. The summed E-state index contributed by atoms with van der Waals surface area (Å²) in [6, 6.07) is 11.5. The molecule has 116 valence electrons. The van der Waals surface area contributed by atoms with Gasteiger partial charge in [0.05, 0.1) is 0 Å². The second-order valence-corrected chi connectivity index (χ2v) is 6.01. The zero-order valence-corrected chi connectivity index (χ0v) is 12.7. The zero-order valence-electron chi connectivity index (χ0n) is 11.9. The predicted molar refractivity (Wildman–Crippen MR) is 85.7 cm³/mol. The van der Waals surface area contributed by atoms with E-state index in [2.05, 4.69) is 10.3 Å². The summed E-state index contributed by atoms with van der Waals surface area (Å²) in [6.07, 6.45) is 2.29. The molecule has 0 radical (unpaired) electrons. The van der Waals surface area contributed by atoms with E-state index in [4.69, 9.17) is 0 Å². The van der Waals surface area contributed by atoms with Crippen molar-refractivity contribution in [1.82, 2.24) is 4.98 Å². The molecule has 0 atom stereocenters. The van der Waals surface area contributed by atoms with Crippen LogP contribution in [-0.4, -0.2) is 10.9 Å². The van der Waals surface area contributed by atoms with E-state index < -0.39 is 5.82 Å². The SMILES string of the molecule is O=C(Nc1ncc(Cc2ccc(F)cc2)s1)c1ccc(F)cc1. The van der Waals surface area contributed by atoms with E-state index in [1.807, 2.05) is 0 Å². The molecular formula is C17H12F2N2OS.